The number of thioether (sulfide) groups is 1. The first-order chi connectivity index (χ1) is 13.7. The van der Waals surface area contributed by atoms with Gasteiger partial charge in [-0.1, -0.05) is 24.0 Å². The fourth-order valence-electron chi connectivity index (χ4n) is 2.54. The van der Waals surface area contributed by atoms with E-state index < -0.39 is 32.9 Å². The molecule has 148 valence electrons. The maximum absolute atomic E-state index is 12.8. The van der Waals surface area contributed by atoms with Crippen LogP contribution in [0.15, 0.2) is 41.3 Å². The molecule has 1 amide bonds. The molecule has 3 rings (SSSR count). The standard InChI is InChI=1S/C17H11N3O7S2/c1-27-12-4-2-10(3-5-12)18-16(22)14(29-17(18)28)7-9-6-11(19(23)24)8-13(15(9)21)20(25)26/h2-8,21H,1H3/b14-7+. The first-order valence-electron chi connectivity index (χ1n) is 7.80. The van der Waals surface area contributed by atoms with Gasteiger partial charge in [0, 0.05) is 11.6 Å². The van der Waals surface area contributed by atoms with Crippen LogP contribution in [-0.4, -0.2) is 32.3 Å². The van der Waals surface area contributed by atoms with Crippen LogP contribution in [0.25, 0.3) is 6.08 Å². The number of phenolic OH excluding ortho intramolecular Hbond substituents is 1. The predicted molar refractivity (Wildman–Crippen MR) is 110 cm³/mol. The number of benzene rings is 2. The largest absolute Gasteiger partial charge is 0.502 e. The van der Waals surface area contributed by atoms with Crippen LogP contribution in [-0.2, 0) is 4.79 Å². The van der Waals surface area contributed by atoms with Crippen molar-refractivity contribution < 1.29 is 24.5 Å². The molecule has 0 radical (unpaired) electrons. The van der Waals surface area contributed by atoms with Crippen molar-refractivity contribution in [1.82, 2.24) is 0 Å². The number of thiocarbonyl (C=S) groups is 1. The van der Waals surface area contributed by atoms with Gasteiger partial charge in [0.2, 0.25) is 5.75 Å². The van der Waals surface area contributed by atoms with Gasteiger partial charge in [-0.2, -0.15) is 0 Å². The third kappa shape index (κ3) is 3.88. The van der Waals surface area contributed by atoms with E-state index in [9.17, 15) is 30.1 Å². The topological polar surface area (TPSA) is 136 Å². The maximum Gasteiger partial charge on any atom is 0.318 e. The molecule has 0 aromatic heterocycles. The smallest absolute Gasteiger partial charge is 0.318 e. The van der Waals surface area contributed by atoms with Gasteiger partial charge in [0.25, 0.3) is 11.6 Å². The van der Waals surface area contributed by atoms with E-state index in [0.717, 1.165) is 23.9 Å². The lowest BCUT2D eigenvalue weighted by atomic mass is 10.1. The lowest BCUT2D eigenvalue weighted by molar-refractivity contribution is -0.394. The SMILES string of the molecule is COc1ccc(N2C(=O)/C(=C\c3cc([N+](=O)[O-])cc([N+](=O)[O-])c3O)SC2=S)cc1. The molecule has 1 N–H and O–H groups in total. The molecular weight excluding hydrogens is 422 g/mol. The maximum atomic E-state index is 12.8. The molecule has 0 spiro atoms. The summed E-state index contributed by atoms with van der Waals surface area (Å²) in [6, 6.07) is 8.14. The number of non-ortho nitro benzene ring substituents is 1. The molecule has 29 heavy (non-hydrogen) atoms. The van der Waals surface area contributed by atoms with Crippen molar-refractivity contribution in [3.8, 4) is 11.5 Å². The van der Waals surface area contributed by atoms with Crippen LogP contribution < -0.4 is 9.64 Å². The van der Waals surface area contributed by atoms with Crippen molar-refractivity contribution >= 4 is 57.3 Å². The summed E-state index contributed by atoms with van der Waals surface area (Å²) in [5.41, 5.74) is -1.19. The summed E-state index contributed by atoms with van der Waals surface area (Å²) in [6.45, 7) is 0. The number of phenols is 1. The Hall–Kier alpha value is -3.51. The average molecular weight is 433 g/mol. The summed E-state index contributed by atoms with van der Waals surface area (Å²) in [5.74, 6) is -0.724. The minimum Gasteiger partial charge on any atom is -0.502 e. The van der Waals surface area contributed by atoms with Crippen LogP contribution >= 0.6 is 24.0 Å². The molecule has 0 bridgehead atoms. The fourth-order valence-corrected chi connectivity index (χ4v) is 3.83. The normalized spacial score (nSPS) is 15.1. The van der Waals surface area contributed by atoms with E-state index in [0.29, 0.717) is 17.5 Å². The van der Waals surface area contributed by atoms with Gasteiger partial charge < -0.3 is 9.84 Å². The first-order valence-corrected chi connectivity index (χ1v) is 9.03. The zero-order chi connectivity index (χ0) is 21.3. The van der Waals surface area contributed by atoms with E-state index in [4.69, 9.17) is 17.0 Å². The van der Waals surface area contributed by atoms with Crippen molar-refractivity contribution in [2.24, 2.45) is 0 Å². The molecule has 10 nitrogen and oxygen atoms in total. The molecule has 1 aliphatic rings. The third-order valence-corrected chi connectivity index (χ3v) is 5.22. The van der Waals surface area contributed by atoms with E-state index in [-0.39, 0.29) is 14.8 Å². The highest BCUT2D eigenvalue weighted by Crippen LogP contribution is 2.40. The predicted octanol–water partition coefficient (Wildman–Crippen LogP) is 3.62. The van der Waals surface area contributed by atoms with E-state index in [1.54, 1.807) is 24.3 Å². The Balaban J connectivity index is 2.03. The molecule has 1 heterocycles. The minimum absolute atomic E-state index is 0.0518. The van der Waals surface area contributed by atoms with E-state index in [2.05, 4.69) is 0 Å². The second kappa shape index (κ2) is 7.85. The fraction of sp³-hybridized carbons (Fsp3) is 0.0588. The number of carbonyl (C=O) groups is 1. The Labute approximate surface area is 172 Å². The lowest BCUT2D eigenvalue weighted by Crippen LogP contribution is -2.27. The zero-order valence-corrected chi connectivity index (χ0v) is 16.2. The first kappa shape index (κ1) is 20.2. The van der Waals surface area contributed by atoms with Crippen molar-refractivity contribution in [3.05, 3.63) is 67.1 Å². The monoisotopic (exact) mass is 433 g/mol. The Morgan fingerprint density at radius 3 is 2.38 bits per heavy atom. The van der Waals surface area contributed by atoms with Gasteiger partial charge in [-0.15, -0.1) is 0 Å². The number of anilines is 1. The molecule has 1 fully saturated rings. The number of hydrogen-bond acceptors (Lipinski definition) is 9. The van der Waals surface area contributed by atoms with Crippen molar-refractivity contribution in [2.75, 3.05) is 12.0 Å². The minimum atomic E-state index is -0.942. The highest BCUT2D eigenvalue weighted by atomic mass is 32.2. The molecule has 0 atom stereocenters. The Kier molecular flexibility index (Phi) is 5.48. The van der Waals surface area contributed by atoms with Gasteiger partial charge in [0.05, 0.1) is 33.6 Å². The van der Waals surface area contributed by atoms with Crippen LogP contribution in [0.1, 0.15) is 5.56 Å². The van der Waals surface area contributed by atoms with Gasteiger partial charge in [-0.25, -0.2) is 0 Å². The highest BCUT2D eigenvalue weighted by Gasteiger charge is 2.34. The molecule has 2 aromatic rings. The number of nitrogens with zero attached hydrogens (tertiary/aromatic N) is 3. The Morgan fingerprint density at radius 2 is 1.83 bits per heavy atom. The van der Waals surface area contributed by atoms with E-state index >= 15 is 0 Å². The van der Waals surface area contributed by atoms with Gasteiger partial charge in [0.15, 0.2) is 4.32 Å². The van der Waals surface area contributed by atoms with Gasteiger partial charge in [-0.05, 0) is 30.3 Å². The number of nitro groups is 2. The third-order valence-electron chi connectivity index (χ3n) is 3.92. The summed E-state index contributed by atoms with van der Waals surface area (Å²) >= 11 is 6.14. The molecular formula is C17H11N3O7S2. The molecule has 1 aliphatic heterocycles. The van der Waals surface area contributed by atoms with Crippen LogP contribution in [0.3, 0.4) is 0 Å². The number of amides is 1. The summed E-state index contributed by atoms with van der Waals surface area (Å²) in [6.07, 6.45) is 1.14. The quantitative estimate of drug-likeness (QED) is 0.324. The Bertz CT molecular complexity index is 1080. The Morgan fingerprint density at radius 1 is 1.17 bits per heavy atom. The average Bonchev–Trinajstić information content (AvgIpc) is 2.96. The number of carbonyl (C=O) groups excluding carboxylic acids is 1. The number of nitro benzene ring substituents is 2. The molecule has 0 unspecified atom stereocenters. The molecule has 12 heteroatoms. The van der Waals surface area contributed by atoms with Crippen molar-refractivity contribution in [2.45, 2.75) is 0 Å². The van der Waals surface area contributed by atoms with Crippen molar-refractivity contribution in [3.63, 3.8) is 0 Å². The number of aromatic hydroxyl groups is 1. The molecule has 0 aliphatic carbocycles. The number of hydrogen-bond donors (Lipinski definition) is 1. The van der Waals surface area contributed by atoms with Crippen LogP contribution in [0.2, 0.25) is 0 Å². The summed E-state index contributed by atoms with van der Waals surface area (Å²) in [5, 5.41) is 32.3. The van der Waals surface area contributed by atoms with Crippen LogP contribution in [0.4, 0.5) is 17.1 Å². The number of rotatable bonds is 5. The summed E-state index contributed by atoms with van der Waals surface area (Å²) in [7, 11) is 1.50. The summed E-state index contributed by atoms with van der Waals surface area (Å²) < 4.78 is 5.27. The summed E-state index contributed by atoms with van der Waals surface area (Å²) in [4.78, 5) is 34.5. The second-order valence-corrected chi connectivity index (χ2v) is 7.31. The second-order valence-electron chi connectivity index (χ2n) is 5.63. The van der Waals surface area contributed by atoms with Gasteiger partial charge >= 0.3 is 5.69 Å². The molecule has 0 saturated carbocycles. The van der Waals surface area contributed by atoms with E-state index in [1.165, 1.54) is 12.0 Å². The molecule has 2 aromatic carbocycles. The van der Waals surface area contributed by atoms with E-state index in [1.807, 2.05) is 0 Å². The highest BCUT2D eigenvalue weighted by molar-refractivity contribution is 8.27. The van der Waals surface area contributed by atoms with Crippen LogP contribution in [0, 0.1) is 20.2 Å². The van der Waals surface area contributed by atoms with Gasteiger partial charge in [-0.3, -0.25) is 29.9 Å². The molecule has 1 saturated heterocycles. The lowest BCUT2D eigenvalue weighted by Gasteiger charge is -2.14. The number of ether oxygens (including phenoxy) is 1. The van der Waals surface area contributed by atoms with Gasteiger partial charge in [0.1, 0.15) is 5.75 Å². The van der Waals surface area contributed by atoms with Crippen LogP contribution in [0.5, 0.6) is 11.5 Å². The van der Waals surface area contributed by atoms with Crippen molar-refractivity contribution in [1.29, 1.82) is 0 Å². The number of methoxy groups -OCH3 is 1. The zero-order valence-electron chi connectivity index (χ0n) is 14.6.